The lowest BCUT2D eigenvalue weighted by molar-refractivity contribution is 0.0495. The summed E-state index contributed by atoms with van der Waals surface area (Å²) in [5.74, 6) is 1.20. The number of piperidine rings is 1. The lowest BCUT2D eigenvalue weighted by Crippen LogP contribution is -2.51. The van der Waals surface area contributed by atoms with Gasteiger partial charge in [0.25, 0.3) is 5.91 Å². The smallest absolute Gasteiger partial charge is 0.254 e. The molecule has 148 valence electrons. The molecule has 5 heteroatoms. The number of carbonyl (C=O) groups is 1. The molecule has 0 bridgehead atoms. The zero-order valence-electron chi connectivity index (χ0n) is 16.4. The van der Waals surface area contributed by atoms with Crippen molar-refractivity contribution in [2.24, 2.45) is 5.92 Å². The first-order valence-electron chi connectivity index (χ1n) is 10.8. The van der Waals surface area contributed by atoms with Crippen LogP contribution in [-0.2, 0) is 0 Å². The molecule has 0 spiro atoms. The average molecular weight is 396 g/mol. The van der Waals surface area contributed by atoms with E-state index in [1.165, 1.54) is 37.7 Å². The monoisotopic (exact) mass is 395 g/mol. The van der Waals surface area contributed by atoms with E-state index in [1.807, 2.05) is 12.1 Å². The molecule has 1 aliphatic carbocycles. The van der Waals surface area contributed by atoms with Gasteiger partial charge in [-0.15, -0.1) is 0 Å². The van der Waals surface area contributed by atoms with Gasteiger partial charge >= 0.3 is 0 Å². The summed E-state index contributed by atoms with van der Waals surface area (Å²) >= 11 is 1.78. The van der Waals surface area contributed by atoms with Crippen LogP contribution in [0.1, 0.15) is 60.4 Å². The molecule has 4 nitrogen and oxygen atoms in total. The fourth-order valence-electron chi connectivity index (χ4n) is 5.77. The van der Waals surface area contributed by atoms with Gasteiger partial charge in [0.15, 0.2) is 0 Å². The summed E-state index contributed by atoms with van der Waals surface area (Å²) in [5.41, 5.74) is 2.20. The van der Waals surface area contributed by atoms with Crippen molar-refractivity contribution in [1.29, 1.82) is 0 Å². The van der Waals surface area contributed by atoms with Gasteiger partial charge in [0.1, 0.15) is 0 Å². The summed E-state index contributed by atoms with van der Waals surface area (Å²) in [7, 11) is 0. The number of rotatable bonds is 3. The van der Waals surface area contributed by atoms with Crippen LogP contribution in [0.3, 0.4) is 0 Å². The van der Waals surface area contributed by atoms with Crippen LogP contribution in [0.4, 0.5) is 0 Å². The number of fused-ring (bicyclic) bond motifs is 1. The van der Waals surface area contributed by atoms with Crippen molar-refractivity contribution in [3.05, 3.63) is 52.5 Å². The minimum atomic E-state index is 0.182. The maximum absolute atomic E-state index is 13.3. The predicted molar refractivity (Wildman–Crippen MR) is 113 cm³/mol. The number of hydrogen-bond donors (Lipinski definition) is 0. The van der Waals surface area contributed by atoms with Crippen LogP contribution in [0.15, 0.2) is 41.4 Å². The van der Waals surface area contributed by atoms with Gasteiger partial charge in [0.05, 0.1) is 0 Å². The van der Waals surface area contributed by atoms with Crippen LogP contribution in [0.5, 0.6) is 0 Å². The van der Waals surface area contributed by atoms with Gasteiger partial charge in [0, 0.05) is 61.5 Å². The summed E-state index contributed by atoms with van der Waals surface area (Å²) in [6.45, 7) is 3.14. The molecule has 0 unspecified atom stereocenters. The molecule has 2 saturated heterocycles. The van der Waals surface area contributed by atoms with Crippen molar-refractivity contribution in [3.8, 4) is 0 Å². The highest BCUT2D eigenvalue weighted by Crippen LogP contribution is 2.43. The Morgan fingerprint density at radius 3 is 2.61 bits per heavy atom. The average Bonchev–Trinajstić information content (AvgIpc) is 3.42. The molecule has 3 aliphatic rings. The standard InChI is InChI=1S/C23H29N3OS/c27-23(17-6-10-24-11-7-17)26-15-20(18-9-13-28-16-18)21-14-25(12-8-22(21)26)19-4-2-1-3-5-19/h6-7,9-11,13,16,19-22H,1-5,8,12,14-15H2/t20-,21-,22-/m0/s1. The summed E-state index contributed by atoms with van der Waals surface area (Å²) in [6.07, 6.45) is 11.5. The van der Waals surface area contributed by atoms with Crippen LogP contribution in [0.2, 0.25) is 0 Å². The molecule has 5 rings (SSSR count). The highest BCUT2D eigenvalue weighted by Gasteiger charge is 2.48. The SMILES string of the molecule is O=C(c1ccncc1)N1C[C@@H](c2ccsc2)[C@@H]2CN(C3CCCCC3)CC[C@@H]21. The van der Waals surface area contributed by atoms with Crippen molar-refractivity contribution >= 4 is 17.2 Å². The molecule has 3 atom stereocenters. The first-order chi connectivity index (χ1) is 13.8. The number of hydrogen-bond acceptors (Lipinski definition) is 4. The van der Waals surface area contributed by atoms with Gasteiger partial charge in [-0.2, -0.15) is 11.3 Å². The Kier molecular flexibility index (Phi) is 5.20. The Hall–Kier alpha value is -1.72. The van der Waals surface area contributed by atoms with Crippen molar-refractivity contribution in [3.63, 3.8) is 0 Å². The van der Waals surface area contributed by atoms with E-state index < -0.39 is 0 Å². The van der Waals surface area contributed by atoms with E-state index >= 15 is 0 Å². The highest BCUT2D eigenvalue weighted by atomic mass is 32.1. The van der Waals surface area contributed by atoms with E-state index in [0.29, 0.717) is 17.9 Å². The lowest BCUT2D eigenvalue weighted by atomic mass is 9.81. The third-order valence-electron chi connectivity index (χ3n) is 7.21. The first kappa shape index (κ1) is 18.3. The predicted octanol–water partition coefficient (Wildman–Crippen LogP) is 4.41. The van der Waals surface area contributed by atoms with Gasteiger partial charge in [-0.25, -0.2) is 0 Å². The second-order valence-corrected chi connectivity index (χ2v) is 9.44. The molecule has 2 aliphatic heterocycles. The zero-order chi connectivity index (χ0) is 18.9. The molecule has 1 amide bonds. The zero-order valence-corrected chi connectivity index (χ0v) is 17.2. The highest BCUT2D eigenvalue weighted by molar-refractivity contribution is 7.08. The second-order valence-electron chi connectivity index (χ2n) is 8.66. The van der Waals surface area contributed by atoms with Crippen LogP contribution < -0.4 is 0 Å². The lowest BCUT2D eigenvalue weighted by Gasteiger charge is -2.43. The number of nitrogens with zero attached hydrogens (tertiary/aromatic N) is 3. The molecule has 2 aromatic heterocycles. The third-order valence-corrected chi connectivity index (χ3v) is 7.91. The summed E-state index contributed by atoms with van der Waals surface area (Å²) in [5, 5.41) is 4.47. The quantitative estimate of drug-likeness (QED) is 0.773. The van der Waals surface area contributed by atoms with Crippen LogP contribution in [0, 0.1) is 5.92 Å². The maximum Gasteiger partial charge on any atom is 0.254 e. The fraction of sp³-hybridized carbons (Fsp3) is 0.565. The molecule has 28 heavy (non-hydrogen) atoms. The van der Waals surface area contributed by atoms with Gasteiger partial charge < -0.3 is 4.90 Å². The molecule has 4 heterocycles. The number of pyridine rings is 1. The Labute approximate surface area is 171 Å². The van der Waals surface area contributed by atoms with Gasteiger partial charge in [0.2, 0.25) is 0 Å². The number of aromatic nitrogens is 1. The van der Waals surface area contributed by atoms with E-state index in [2.05, 4.69) is 31.6 Å². The van der Waals surface area contributed by atoms with E-state index in [1.54, 1.807) is 23.7 Å². The summed E-state index contributed by atoms with van der Waals surface area (Å²) < 4.78 is 0. The normalized spacial score (nSPS) is 29.0. The molecule has 0 N–H and O–H groups in total. The minimum Gasteiger partial charge on any atom is -0.335 e. The molecule has 0 radical (unpaired) electrons. The molecular weight excluding hydrogens is 366 g/mol. The van der Waals surface area contributed by atoms with E-state index in [4.69, 9.17) is 0 Å². The number of thiophene rings is 1. The van der Waals surface area contributed by atoms with Crippen molar-refractivity contribution in [1.82, 2.24) is 14.8 Å². The number of carbonyl (C=O) groups excluding carboxylic acids is 1. The number of likely N-dealkylation sites (tertiary alicyclic amines) is 2. The van der Waals surface area contributed by atoms with E-state index in [9.17, 15) is 4.79 Å². The van der Waals surface area contributed by atoms with Crippen LogP contribution >= 0.6 is 11.3 Å². The van der Waals surface area contributed by atoms with Gasteiger partial charge in [-0.3, -0.25) is 14.7 Å². The molecule has 0 aromatic carbocycles. The Morgan fingerprint density at radius 2 is 1.86 bits per heavy atom. The van der Waals surface area contributed by atoms with Crippen LogP contribution in [0.25, 0.3) is 0 Å². The largest absolute Gasteiger partial charge is 0.335 e. The van der Waals surface area contributed by atoms with Gasteiger partial charge in [-0.1, -0.05) is 19.3 Å². The summed E-state index contributed by atoms with van der Waals surface area (Å²) in [6, 6.07) is 7.11. The Balaban J connectivity index is 1.40. The fourth-order valence-corrected chi connectivity index (χ4v) is 6.50. The van der Waals surface area contributed by atoms with Crippen molar-refractivity contribution in [2.75, 3.05) is 19.6 Å². The van der Waals surface area contributed by atoms with E-state index in [-0.39, 0.29) is 5.91 Å². The molecule has 2 aromatic rings. The first-order valence-corrected chi connectivity index (χ1v) is 11.7. The van der Waals surface area contributed by atoms with Crippen molar-refractivity contribution in [2.45, 2.75) is 56.5 Å². The molecule has 1 saturated carbocycles. The minimum absolute atomic E-state index is 0.182. The number of amides is 1. The Morgan fingerprint density at radius 1 is 1.04 bits per heavy atom. The van der Waals surface area contributed by atoms with Gasteiger partial charge in [-0.05, 0) is 53.8 Å². The van der Waals surface area contributed by atoms with Crippen molar-refractivity contribution < 1.29 is 4.79 Å². The molecule has 3 fully saturated rings. The third kappa shape index (κ3) is 3.39. The Bertz CT molecular complexity index is 787. The van der Waals surface area contributed by atoms with Crippen LogP contribution in [-0.4, -0.2) is 52.4 Å². The molecular formula is C23H29N3OS. The van der Waals surface area contributed by atoms with E-state index in [0.717, 1.165) is 37.7 Å². The topological polar surface area (TPSA) is 36.4 Å². The maximum atomic E-state index is 13.3. The summed E-state index contributed by atoms with van der Waals surface area (Å²) in [4.78, 5) is 22.3. The second kappa shape index (κ2) is 7.96.